The Kier molecular flexibility index (Phi) is 13.1. The van der Waals surface area contributed by atoms with Crippen molar-refractivity contribution in [1.29, 1.82) is 0 Å². The Balaban J connectivity index is 1.09. The number of likely N-dealkylation sites (tertiary alicyclic amines) is 1. The third kappa shape index (κ3) is 9.78. The molecule has 0 aliphatic carbocycles. The summed E-state index contributed by atoms with van der Waals surface area (Å²) in [7, 11) is 2.81. The van der Waals surface area contributed by atoms with Crippen LogP contribution in [0, 0.1) is 5.92 Å². The smallest absolute Gasteiger partial charge is 0.453 e. The Morgan fingerprint density at radius 3 is 2.43 bits per heavy atom. The highest BCUT2D eigenvalue weighted by Crippen LogP contribution is 2.41. The predicted molar refractivity (Wildman–Crippen MR) is 216 cm³/mol. The summed E-state index contributed by atoms with van der Waals surface area (Å²) in [6, 6.07) is 11.1. The van der Waals surface area contributed by atoms with E-state index in [4.69, 9.17) is 25.8 Å². The van der Waals surface area contributed by atoms with Gasteiger partial charge in [0.15, 0.2) is 0 Å². The molecule has 60 heavy (non-hydrogen) atoms. The number of carbonyl (C=O) groups excluding carboxylic acids is 3. The summed E-state index contributed by atoms with van der Waals surface area (Å²) in [4.78, 5) is 55.8. The topological polar surface area (TPSA) is 172 Å². The van der Waals surface area contributed by atoms with Crippen LogP contribution < -0.4 is 25.6 Å². The number of methoxy groups -OCH3 is 2. The van der Waals surface area contributed by atoms with Gasteiger partial charge < -0.3 is 49.7 Å². The van der Waals surface area contributed by atoms with Crippen LogP contribution in [0.4, 0.5) is 29.5 Å². The van der Waals surface area contributed by atoms with Crippen LogP contribution >= 0.6 is 11.6 Å². The lowest BCUT2D eigenvalue weighted by Gasteiger charge is -2.34. The molecule has 4 aromatic rings. The number of ether oxygens (including phenoxy) is 4. The highest BCUT2D eigenvalue weighted by atomic mass is 35.5. The lowest BCUT2D eigenvalue weighted by Crippen LogP contribution is -2.53. The lowest BCUT2D eigenvalue weighted by molar-refractivity contribution is -0.274. The van der Waals surface area contributed by atoms with Crippen molar-refractivity contribution in [2.45, 2.75) is 56.8 Å². The Bertz CT molecular complexity index is 2150. The number of hydrogen-bond donors (Lipinski definition) is 4. The Hall–Kier alpha value is -5.43. The van der Waals surface area contributed by atoms with E-state index in [1.54, 1.807) is 54.6 Å². The number of piperazine rings is 1. The highest BCUT2D eigenvalue weighted by molar-refractivity contribution is 6.34. The molecule has 3 aliphatic heterocycles. The molecular formula is C41H46ClF3N8O7. The standard InChI is InChI=1S/C41H46ClF3N8O7/c1-23-19-46-12-13-52(23)35-9-8-27(20-47-35)38(54)50-31-18-34(60-41(43,44)45)29(17-30(31)42)24-4-6-25(7-5-24)32-21-48-37(49-32)33-16-28(57-2)22-53(33)39(55)36(51-40(56)58-3)26-10-14-59-15-11-26/h4-9,17-18,20-21,23,26,28,33,36,46H,10-16,19,22H2,1-3H3,(H,48,49)(H,50,54)(H,51,56)/t23-,28+,33+,36+/m1/s1. The van der Waals surface area contributed by atoms with Gasteiger partial charge in [0.2, 0.25) is 5.91 Å². The number of nitrogens with one attached hydrogen (secondary N) is 4. The van der Waals surface area contributed by atoms with Crippen LogP contribution in [0.3, 0.4) is 0 Å². The molecule has 4 atom stereocenters. The second kappa shape index (κ2) is 18.5. The molecule has 3 aliphatic rings. The molecule has 0 saturated carbocycles. The average Bonchev–Trinajstić information content (AvgIpc) is 3.92. The van der Waals surface area contributed by atoms with E-state index in [1.807, 2.05) is 0 Å². The number of imidazole rings is 1. The molecule has 0 bridgehead atoms. The van der Waals surface area contributed by atoms with Crippen LogP contribution in [-0.4, -0.2) is 116 Å². The van der Waals surface area contributed by atoms with Gasteiger partial charge in [-0.2, -0.15) is 0 Å². The number of carbonyl (C=O) groups is 3. The van der Waals surface area contributed by atoms with E-state index in [9.17, 15) is 27.6 Å². The number of alkyl halides is 3. The first-order valence-corrected chi connectivity index (χ1v) is 19.9. The number of nitrogens with zero attached hydrogens (tertiary/aromatic N) is 4. The van der Waals surface area contributed by atoms with Crippen molar-refractivity contribution < 1.29 is 46.5 Å². The van der Waals surface area contributed by atoms with Crippen LogP contribution in [0.25, 0.3) is 22.4 Å². The molecule has 0 unspecified atom stereocenters. The molecule has 2 aromatic heterocycles. The summed E-state index contributed by atoms with van der Waals surface area (Å²) >= 11 is 6.58. The summed E-state index contributed by atoms with van der Waals surface area (Å²) < 4.78 is 61.6. The summed E-state index contributed by atoms with van der Waals surface area (Å²) in [6.45, 7) is 5.65. The number of alkyl carbamates (subject to hydrolysis) is 1. The molecule has 0 radical (unpaired) electrons. The SMILES string of the molecule is COC(=O)N[C@H](C(=O)N1C[C@@H](OC)C[C@H]1c1ncc(-c2ccc(-c3cc(Cl)c(NC(=O)c4ccc(N5CCNC[C@H]5C)nc4)cc3OC(F)(F)F)cc2)[nH]1)C1CCOCC1. The molecule has 3 fully saturated rings. The number of benzene rings is 2. The van der Waals surface area contributed by atoms with Gasteiger partial charge in [-0.3, -0.25) is 9.59 Å². The molecule has 2 aromatic carbocycles. The number of aromatic amines is 1. The zero-order valence-electron chi connectivity index (χ0n) is 33.2. The van der Waals surface area contributed by atoms with Crippen molar-refractivity contribution in [2.75, 3.05) is 63.8 Å². The minimum Gasteiger partial charge on any atom is -0.453 e. The first-order chi connectivity index (χ1) is 28.8. The molecule has 7 rings (SSSR count). The van der Waals surface area contributed by atoms with Crippen molar-refractivity contribution in [2.24, 2.45) is 5.92 Å². The number of hydrogen-bond acceptors (Lipinski definition) is 11. The van der Waals surface area contributed by atoms with Crippen LogP contribution in [0.1, 0.15) is 48.4 Å². The van der Waals surface area contributed by atoms with Gasteiger partial charge in [-0.05, 0) is 55.0 Å². The van der Waals surface area contributed by atoms with Gasteiger partial charge in [0.05, 0.1) is 47.4 Å². The van der Waals surface area contributed by atoms with Gasteiger partial charge in [0.1, 0.15) is 23.4 Å². The predicted octanol–water partition coefficient (Wildman–Crippen LogP) is 6.18. The maximum Gasteiger partial charge on any atom is 0.573 e. The van der Waals surface area contributed by atoms with Gasteiger partial charge in [-0.15, -0.1) is 13.2 Å². The summed E-state index contributed by atoms with van der Waals surface area (Å²) in [6.07, 6.45) is -1.39. The van der Waals surface area contributed by atoms with E-state index in [2.05, 4.69) is 47.5 Å². The first kappa shape index (κ1) is 42.7. The van der Waals surface area contributed by atoms with Gasteiger partial charge in [-0.25, -0.2) is 14.8 Å². The monoisotopic (exact) mass is 854 g/mol. The van der Waals surface area contributed by atoms with Crippen molar-refractivity contribution in [3.8, 4) is 28.1 Å². The second-order valence-electron chi connectivity index (χ2n) is 14.9. The number of H-pyrrole nitrogens is 1. The van der Waals surface area contributed by atoms with Gasteiger partial charge in [0, 0.05) is 76.8 Å². The minimum absolute atomic E-state index is 0.0137. The summed E-state index contributed by atoms with van der Waals surface area (Å²) in [5.41, 5.74) is 1.75. The third-order valence-corrected chi connectivity index (χ3v) is 11.4. The maximum atomic E-state index is 14.1. The third-order valence-electron chi connectivity index (χ3n) is 11.1. The van der Waals surface area contributed by atoms with E-state index in [0.29, 0.717) is 60.9 Å². The maximum absolute atomic E-state index is 14.1. The fourth-order valence-corrected chi connectivity index (χ4v) is 8.11. The Morgan fingerprint density at radius 2 is 1.77 bits per heavy atom. The zero-order chi connectivity index (χ0) is 42.6. The largest absolute Gasteiger partial charge is 0.573 e. The van der Waals surface area contributed by atoms with Gasteiger partial charge >= 0.3 is 12.5 Å². The number of pyridine rings is 1. The first-order valence-electron chi connectivity index (χ1n) is 19.6. The second-order valence-corrected chi connectivity index (χ2v) is 15.3. The molecule has 4 N–H and O–H groups in total. The van der Waals surface area contributed by atoms with Gasteiger partial charge in [0.25, 0.3) is 5.91 Å². The Labute approximate surface area is 349 Å². The normalized spacial score (nSPS) is 20.4. The minimum atomic E-state index is -5.05. The molecule has 5 heterocycles. The van der Waals surface area contributed by atoms with Crippen molar-refractivity contribution in [1.82, 2.24) is 30.5 Å². The van der Waals surface area contributed by atoms with Crippen LogP contribution in [0.15, 0.2) is 60.9 Å². The number of aromatic nitrogens is 3. The van der Waals surface area contributed by atoms with Gasteiger partial charge in [-0.1, -0.05) is 35.9 Å². The van der Waals surface area contributed by atoms with Crippen LogP contribution in [-0.2, 0) is 19.0 Å². The van der Waals surface area contributed by atoms with Crippen LogP contribution in [0.5, 0.6) is 5.75 Å². The average molecular weight is 855 g/mol. The number of amides is 3. The fraction of sp³-hybridized carbons (Fsp3) is 0.439. The molecule has 3 saturated heterocycles. The number of anilines is 2. The highest BCUT2D eigenvalue weighted by Gasteiger charge is 2.43. The number of halogens is 4. The van der Waals surface area contributed by atoms with E-state index >= 15 is 0 Å². The lowest BCUT2D eigenvalue weighted by atomic mass is 9.90. The van der Waals surface area contributed by atoms with E-state index in [0.717, 1.165) is 25.7 Å². The number of rotatable bonds is 11. The molecule has 15 nitrogen and oxygen atoms in total. The van der Waals surface area contributed by atoms with Crippen molar-refractivity contribution in [3.05, 3.63) is 77.3 Å². The molecular weight excluding hydrogens is 809 g/mol. The zero-order valence-corrected chi connectivity index (χ0v) is 33.9. The molecule has 0 spiro atoms. The summed E-state index contributed by atoms with van der Waals surface area (Å²) in [5, 5.41) is 8.63. The molecule has 19 heteroatoms. The van der Waals surface area contributed by atoms with Crippen molar-refractivity contribution >= 4 is 41.0 Å². The quantitative estimate of drug-likeness (QED) is 0.136. The molecule has 3 amide bonds. The van der Waals surface area contributed by atoms with E-state index in [-0.39, 0.29) is 52.4 Å². The van der Waals surface area contributed by atoms with Crippen LogP contribution in [0.2, 0.25) is 5.02 Å². The Morgan fingerprint density at radius 1 is 1.02 bits per heavy atom. The fourth-order valence-electron chi connectivity index (χ4n) is 7.90. The summed E-state index contributed by atoms with van der Waals surface area (Å²) in [5.74, 6) is -0.417. The van der Waals surface area contributed by atoms with Crippen molar-refractivity contribution in [3.63, 3.8) is 0 Å². The van der Waals surface area contributed by atoms with E-state index in [1.165, 1.54) is 19.4 Å². The molecule has 320 valence electrons. The van der Waals surface area contributed by atoms with E-state index < -0.39 is 36.2 Å².